The van der Waals surface area contributed by atoms with E-state index in [1.807, 2.05) is 0 Å². The van der Waals surface area contributed by atoms with Gasteiger partial charge in [-0.2, -0.15) is 0 Å². The lowest BCUT2D eigenvalue weighted by Crippen LogP contribution is -2.32. The van der Waals surface area contributed by atoms with Gasteiger partial charge in [-0.1, -0.05) is 32.9 Å². The first-order valence-electron chi connectivity index (χ1n) is 9.26. The predicted octanol–water partition coefficient (Wildman–Crippen LogP) is 4.81. The average Bonchev–Trinajstić information content (AvgIpc) is 2.91. The number of anilines is 1. The van der Waals surface area contributed by atoms with Crippen LogP contribution in [-0.2, 0) is 9.59 Å². The van der Waals surface area contributed by atoms with E-state index in [4.69, 9.17) is 0 Å². The van der Waals surface area contributed by atoms with Gasteiger partial charge in [-0.3, -0.25) is 14.5 Å². The molecule has 0 saturated heterocycles. The summed E-state index contributed by atoms with van der Waals surface area (Å²) in [6.45, 7) is 4.92. The summed E-state index contributed by atoms with van der Waals surface area (Å²) in [6.07, 6.45) is -4.87. The number of aliphatic hydroxyl groups is 1. The van der Waals surface area contributed by atoms with E-state index in [0.29, 0.717) is 5.56 Å². The standard InChI is InChI=1S/C22H20F3NO5/c1-21(2,3)19(29)16-17(12-4-8-14(27)9-5-12)26(20(30)18(16)28)13-6-10-15(11-7-13)31-22(23,24)25/h4-11,17,27-28H,1-3H3. The molecule has 0 spiro atoms. The number of phenolic OH excluding ortho intramolecular Hbond substituents is 1. The number of alkyl halides is 3. The lowest BCUT2D eigenvalue weighted by Gasteiger charge is -2.29. The van der Waals surface area contributed by atoms with Crippen LogP contribution in [0.4, 0.5) is 18.9 Å². The molecule has 0 aromatic heterocycles. The molecule has 31 heavy (non-hydrogen) atoms. The second-order valence-electron chi connectivity index (χ2n) is 8.05. The van der Waals surface area contributed by atoms with Crippen LogP contribution in [-0.4, -0.2) is 28.3 Å². The molecule has 6 nitrogen and oxygen atoms in total. The Bertz CT molecular complexity index is 1030. The highest BCUT2D eigenvalue weighted by molar-refractivity contribution is 6.17. The lowest BCUT2D eigenvalue weighted by atomic mass is 9.82. The van der Waals surface area contributed by atoms with Crippen LogP contribution < -0.4 is 9.64 Å². The van der Waals surface area contributed by atoms with Crippen molar-refractivity contribution in [1.29, 1.82) is 0 Å². The molecule has 9 heteroatoms. The summed E-state index contributed by atoms with van der Waals surface area (Å²) < 4.78 is 41.2. The second-order valence-corrected chi connectivity index (χ2v) is 8.05. The fraction of sp³-hybridized carbons (Fsp3) is 0.273. The Hall–Kier alpha value is -3.49. The highest BCUT2D eigenvalue weighted by atomic mass is 19.4. The molecular formula is C22H20F3NO5. The number of phenols is 1. The van der Waals surface area contributed by atoms with Crippen molar-refractivity contribution in [2.24, 2.45) is 5.41 Å². The second kappa shape index (κ2) is 7.64. The number of halogens is 3. The quantitative estimate of drug-likeness (QED) is 0.720. The molecule has 0 bridgehead atoms. The largest absolute Gasteiger partial charge is 0.573 e. The first kappa shape index (κ1) is 22.2. The van der Waals surface area contributed by atoms with E-state index in [-0.39, 0.29) is 17.0 Å². The number of Topliss-reactive ketones (excluding diaryl/α,β-unsaturated/α-hetero) is 1. The predicted molar refractivity (Wildman–Crippen MR) is 106 cm³/mol. The molecule has 1 aliphatic rings. The molecule has 2 aromatic carbocycles. The molecule has 1 unspecified atom stereocenters. The summed E-state index contributed by atoms with van der Waals surface area (Å²) in [5.74, 6) is -2.57. The normalized spacial score (nSPS) is 17.3. The monoisotopic (exact) mass is 435 g/mol. The molecule has 0 aliphatic carbocycles. The van der Waals surface area contributed by atoms with Gasteiger partial charge in [-0.25, -0.2) is 0 Å². The maximum atomic E-state index is 13.1. The van der Waals surface area contributed by atoms with Crippen LogP contribution >= 0.6 is 0 Å². The van der Waals surface area contributed by atoms with Gasteiger partial charge in [-0.15, -0.1) is 13.2 Å². The molecule has 1 aliphatic heterocycles. The molecule has 0 radical (unpaired) electrons. The topological polar surface area (TPSA) is 87.1 Å². The van der Waals surface area contributed by atoms with E-state index in [1.54, 1.807) is 20.8 Å². The Kier molecular flexibility index (Phi) is 5.47. The molecule has 2 N–H and O–H groups in total. The summed E-state index contributed by atoms with van der Waals surface area (Å²) in [4.78, 5) is 27.1. The first-order valence-corrected chi connectivity index (χ1v) is 9.26. The number of nitrogens with zero attached hydrogens (tertiary/aromatic N) is 1. The van der Waals surface area contributed by atoms with E-state index in [1.165, 1.54) is 36.4 Å². The smallest absolute Gasteiger partial charge is 0.508 e. The van der Waals surface area contributed by atoms with Crippen molar-refractivity contribution in [3.8, 4) is 11.5 Å². The highest BCUT2D eigenvalue weighted by Gasteiger charge is 2.46. The number of carbonyl (C=O) groups is 2. The van der Waals surface area contributed by atoms with Crippen molar-refractivity contribution in [2.45, 2.75) is 33.2 Å². The molecule has 1 atom stereocenters. The number of aliphatic hydroxyl groups excluding tert-OH is 1. The number of aromatic hydroxyl groups is 1. The third kappa shape index (κ3) is 4.50. The van der Waals surface area contributed by atoms with Gasteiger partial charge in [-0.05, 0) is 42.0 Å². The maximum absolute atomic E-state index is 13.1. The number of amides is 1. The fourth-order valence-corrected chi connectivity index (χ4v) is 3.29. The average molecular weight is 435 g/mol. The molecular weight excluding hydrogens is 415 g/mol. The summed E-state index contributed by atoms with van der Waals surface area (Å²) in [5.41, 5.74) is -0.461. The number of carbonyl (C=O) groups excluding carboxylic acids is 2. The van der Waals surface area contributed by atoms with E-state index in [9.17, 15) is 33.0 Å². The third-order valence-electron chi connectivity index (χ3n) is 4.69. The highest BCUT2D eigenvalue weighted by Crippen LogP contribution is 2.44. The number of hydrogen-bond donors (Lipinski definition) is 2. The zero-order valence-corrected chi connectivity index (χ0v) is 16.9. The van der Waals surface area contributed by atoms with Gasteiger partial charge in [0.05, 0.1) is 11.6 Å². The SMILES string of the molecule is CC(C)(C)C(=O)C1=C(O)C(=O)N(c2ccc(OC(F)(F)F)cc2)C1c1ccc(O)cc1. The zero-order valence-electron chi connectivity index (χ0n) is 16.9. The van der Waals surface area contributed by atoms with Crippen LogP contribution in [0.25, 0.3) is 0 Å². The molecule has 1 heterocycles. The minimum absolute atomic E-state index is 0.0369. The van der Waals surface area contributed by atoms with Crippen LogP contribution in [0, 0.1) is 5.41 Å². The van der Waals surface area contributed by atoms with Crippen LogP contribution in [0.15, 0.2) is 59.9 Å². The summed E-state index contributed by atoms with van der Waals surface area (Å²) >= 11 is 0. The van der Waals surface area contributed by atoms with Gasteiger partial charge >= 0.3 is 6.36 Å². The van der Waals surface area contributed by atoms with Gasteiger partial charge in [0.1, 0.15) is 11.5 Å². The van der Waals surface area contributed by atoms with E-state index < -0.39 is 41.0 Å². The van der Waals surface area contributed by atoms with Crippen molar-refractivity contribution in [1.82, 2.24) is 0 Å². The number of ketones is 1. The van der Waals surface area contributed by atoms with Crippen LogP contribution in [0.2, 0.25) is 0 Å². The molecule has 2 aromatic rings. The maximum Gasteiger partial charge on any atom is 0.573 e. The number of benzene rings is 2. The van der Waals surface area contributed by atoms with Crippen molar-refractivity contribution in [2.75, 3.05) is 4.90 Å². The van der Waals surface area contributed by atoms with Crippen molar-refractivity contribution in [3.05, 3.63) is 65.4 Å². The Labute approximate surface area is 176 Å². The number of hydrogen-bond acceptors (Lipinski definition) is 5. The first-order chi connectivity index (χ1) is 14.3. The number of rotatable bonds is 4. The van der Waals surface area contributed by atoms with Gasteiger partial charge in [0.25, 0.3) is 5.91 Å². The van der Waals surface area contributed by atoms with Crippen LogP contribution in [0.5, 0.6) is 11.5 Å². The Morgan fingerprint density at radius 2 is 1.52 bits per heavy atom. The molecule has 1 amide bonds. The van der Waals surface area contributed by atoms with Crippen molar-refractivity contribution in [3.63, 3.8) is 0 Å². The summed E-state index contributed by atoms with van der Waals surface area (Å²) in [5, 5.41) is 20.2. The Morgan fingerprint density at radius 1 is 0.968 bits per heavy atom. The van der Waals surface area contributed by atoms with E-state index >= 15 is 0 Å². The van der Waals surface area contributed by atoms with Crippen molar-refractivity contribution < 1.29 is 37.7 Å². The molecule has 0 fully saturated rings. The molecule has 3 rings (SSSR count). The number of ether oxygens (including phenoxy) is 1. The van der Waals surface area contributed by atoms with Gasteiger partial charge in [0.2, 0.25) is 0 Å². The zero-order chi connectivity index (χ0) is 23.1. The fourth-order valence-electron chi connectivity index (χ4n) is 3.29. The summed E-state index contributed by atoms with van der Waals surface area (Å²) in [6, 6.07) is 9.21. The van der Waals surface area contributed by atoms with Crippen LogP contribution in [0.3, 0.4) is 0 Å². The van der Waals surface area contributed by atoms with Gasteiger partial charge in [0.15, 0.2) is 11.5 Å². The minimum atomic E-state index is -4.87. The molecule has 0 saturated carbocycles. The Morgan fingerprint density at radius 3 is 2.00 bits per heavy atom. The van der Waals surface area contributed by atoms with Crippen LogP contribution in [0.1, 0.15) is 32.4 Å². The minimum Gasteiger partial charge on any atom is -0.508 e. The molecule has 164 valence electrons. The van der Waals surface area contributed by atoms with E-state index in [2.05, 4.69) is 4.74 Å². The van der Waals surface area contributed by atoms with E-state index in [0.717, 1.165) is 17.0 Å². The Balaban J connectivity index is 2.10. The summed E-state index contributed by atoms with van der Waals surface area (Å²) in [7, 11) is 0. The van der Waals surface area contributed by atoms with Gasteiger partial charge in [0, 0.05) is 11.1 Å². The lowest BCUT2D eigenvalue weighted by molar-refractivity contribution is -0.274. The van der Waals surface area contributed by atoms with Crippen molar-refractivity contribution >= 4 is 17.4 Å². The third-order valence-corrected chi connectivity index (χ3v) is 4.69. The van der Waals surface area contributed by atoms with Gasteiger partial charge < -0.3 is 14.9 Å².